The first-order valence-corrected chi connectivity index (χ1v) is 6.09. The molecule has 1 aromatic rings. The van der Waals surface area contributed by atoms with Crippen molar-refractivity contribution in [2.75, 3.05) is 25.1 Å². The molecule has 0 unspecified atom stereocenters. The molecule has 0 aliphatic rings. The van der Waals surface area contributed by atoms with Crippen LogP contribution in [0.15, 0.2) is 12.3 Å². The molecule has 4 nitrogen and oxygen atoms in total. The fourth-order valence-electron chi connectivity index (χ4n) is 1.39. The molecule has 0 atom stereocenters. The molecule has 1 rings (SSSR count). The van der Waals surface area contributed by atoms with Crippen LogP contribution in [0.4, 0.5) is 5.82 Å². The quantitative estimate of drug-likeness (QED) is 0.848. The van der Waals surface area contributed by atoms with Crippen LogP contribution in [0.2, 0.25) is 5.02 Å². The molecule has 0 saturated carbocycles. The monoisotopic (exact) mass is 257 g/mol. The van der Waals surface area contributed by atoms with Gasteiger partial charge in [-0.3, -0.25) is 0 Å². The smallest absolute Gasteiger partial charge is 0.147 e. The van der Waals surface area contributed by atoms with Gasteiger partial charge in [0.2, 0.25) is 0 Å². The van der Waals surface area contributed by atoms with E-state index in [9.17, 15) is 0 Å². The second-order valence-electron chi connectivity index (χ2n) is 4.19. The molecule has 0 radical (unpaired) electrons. The van der Waals surface area contributed by atoms with Crippen LogP contribution in [-0.2, 0) is 11.3 Å². The zero-order valence-electron chi connectivity index (χ0n) is 10.6. The van der Waals surface area contributed by atoms with Gasteiger partial charge in [-0.25, -0.2) is 4.98 Å². The maximum absolute atomic E-state index is 6.14. The lowest BCUT2D eigenvalue weighted by atomic mass is 10.3. The number of ether oxygens (including phenoxy) is 1. The van der Waals surface area contributed by atoms with E-state index in [0.29, 0.717) is 18.2 Å². The number of halogens is 1. The Kier molecular flexibility index (Phi) is 5.68. The van der Waals surface area contributed by atoms with E-state index in [1.807, 2.05) is 31.9 Å². The summed E-state index contributed by atoms with van der Waals surface area (Å²) in [5.74, 6) is 0.760. The summed E-state index contributed by atoms with van der Waals surface area (Å²) in [6.45, 7) is 5.90. The van der Waals surface area contributed by atoms with Crippen LogP contribution >= 0.6 is 11.6 Å². The molecule has 0 amide bonds. The molecule has 0 bridgehead atoms. The van der Waals surface area contributed by atoms with E-state index in [4.69, 9.17) is 22.1 Å². The molecule has 1 heterocycles. The van der Waals surface area contributed by atoms with Gasteiger partial charge < -0.3 is 15.4 Å². The lowest BCUT2D eigenvalue weighted by Crippen LogP contribution is -2.25. The summed E-state index contributed by atoms with van der Waals surface area (Å²) >= 11 is 6.14. The maximum Gasteiger partial charge on any atom is 0.147 e. The Bertz CT molecular complexity index is 358. The van der Waals surface area contributed by atoms with Crippen molar-refractivity contribution in [3.05, 3.63) is 22.8 Å². The number of hydrogen-bond acceptors (Lipinski definition) is 4. The SMILES string of the molecule is CC(C)OCCN(C)c1ncc(CN)cc1Cl. The van der Waals surface area contributed by atoms with Crippen molar-refractivity contribution in [2.45, 2.75) is 26.5 Å². The third-order valence-electron chi connectivity index (χ3n) is 2.35. The van der Waals surface area contributed by atoms with E-state index >= 15 is 0 Å². The zero-order chi connectivity index (χ0) is 12.8. The van der Waals surface area contributed by atoms with Gasteiger partial charge in [0.1, 0.15) is 5.82 Å². The standard InChI is InChI=1S/C12H20ClN3O/c1-9(2)17-5-4-16(3)12-11(13)6-10(7-14)8-15-12/h6,8-9H,4-5,7,14H2,1-3H3. The van der Waals surface area contributed by atoms with Crippen molar-refractivity contribution >= 4 is 17.4 Å². The number of nitrogens with zero attached hydrogens (tertiary/aromatic N) is 2. The summed E-state index contributed by atoms with van der Waals surface area (Å²) in [5, 5.41) is 0.625. The largest absolute Gasteiger partial charge is 0.377 e. The third kappa shape index (κ3) is 4.50. The minimum absolute atomic E-state index is 0.242. The second kappa shape index (κ2) is 6.79. The summed E-state index contributed by atoms with van der Waals surface area (Å²) < 4.78 is 5.49. The second-order valence-corrected chi connectivity index (χ2v) is 4.60. The van der Waals surface area contributed by atoms with Gasteiger partial charge in [0.15, 0.2) is 0 Å². The summed E-state index contributed by atoms with van der Waals surface area (Å²) in [6, 6.07) is 1.85. The van der Waals surface area contributed by atoms with Crippen molar-refractivity contribution in [1.82, 2.24) is 4.98 Å². The van der Waals surface area contributed by atoms with E-state index in [1.54, 1.807) is 6.20 Å². The highest BCUT2D eigenvalue weighted by Crippen LogP contribution is 2.22. The fourth-order valence-corrected chi connectivity index (χ4v) is 1.73. The van der Waals surface area contributed by atoms with Crippen LogP contribution in [0, 0.1) is 0 Å². The van der Waals surface area contributed by atoms with E-state index in [-0.39, 0.29) is 6.10 Å². The summed E-state index contributed by atoms with van der Waals surface area (Å²) in [7, 11) is 1.94. The molecule has 0 aromatic carbocycles. The first-order chi connectivity index (χ1) is 8.04. The van der Waals surface area contributed by atoms with Crippen LogP contribution in [0.1, 0.15) is 19.4 Å². The predicted octanol–water partition coefficient (Wildman–Crippen LogP) is 2.05. The van der Waals surface area contributed by atoms with Gasteiger partial charge >= 0.3 is 0 Å². The highest BCUT2D eigenvalue weighted by Gasteiger charge is 2.08. The lowest BCUT2D eigenvalue weighted by molar-refractivity contribution is 0.0845. The topological polar surface area (TPSA) is 51.4 Å². The van der Waals surface area contributed by atoms with E-state index in [1.165, 1.54) is 0 Å². The minimum Gasteiger partial charge on any atom is -0.377 e. The molecule has 0 aliphatic carbocycles. The Morgan fingerprint density at radius 3 is 2.76 bits per heavy atom. The fraction of sp³-hybridized carbons (Fsp3) is 0.583. The molecule has 0 aliphatic heterocycles. The molecular formula is C12H20ClN3O. The van der Waals surface area contributed by atoms with Crippen LogP contribution < -0.4 is 10.6 Å². The van der Waals surface area contributed by atoms with Gasteiger partial charge in [0.25, 0.3) is 0 Å². The van der Waals surface area contributed by atoms with Crippen molar-refractivity contribution in [3.63, 3.8) is 0 Å². The molecule has 0 spiro atoms. The van der Waals surface area contributed by atoms with Crippen molar-refractivity contribution < 1.29 is 4.74 Å². The highest BCUT2D eigenvalue weighted by atomic mass is 35.5. The Morgan fingerprint density at radius 2 is 2.24 bits per heavy atom. The summed E-state index contributed by atoms with van der Waals surface area (Å²) in [5.41, 5.74) is 6.46. The minimum atomic E-state index is 0.242. The molecule has 96 valence electrons. The average molecular weight is 258 g/mol. The molecular weight excluding hydrogens is 238 g/mol. The van der Waals surface area contributed by atoms with Crippen LogP contribution in [0.5, 0.6) is 0 Å². The van der Waals surface area contributed by atoms with Gasteiger partial charge in [-0.2, -0.15) is 0 Å². The van der Waals surface area contributed by atoms with Gasteiger partial charge in [-0.15, -0.1) is 0 Å². The van der Waals surface area contributed by atoms with Gasteiger partial charge in [0.05, 0.1) is 17.7 Å². The number of likely N-dealkylation sites (N-methyl/N-ethyl adjacent to an activating group) is 1. The molecule has 1 aromatic heterocycles. The third-order valence-corrected chi connectivity index (χ3v) is 2.63. The zero-order valence-corrected chi connectivity index (χ0v) is 11.4. The van der Waals surface area contributed by atoms with Crippen LogP contribution in [0.25, 0.3) is 0 Å². The Balaban J connectivity index is 2.59. The number of nitrogens with two attached hydrogens (primary N) is 1. The van der Waals surface area contributed by atoms with Crippen molar-refractivity contribution in [2.24, 2.45) is 5.73 Å². The predicted molar refractivity (Wildman–Crippen MR) is 71.5 cm³/mol. The molecule has 2 N–H and O–H groups in total. The average Bonchev–Trinajstić information content (AvgIpc) is 2.28. The van der Waals surface area contributed by atoms with E-state index < -0.39 is 0 Å². The summed E-state index contributed by atoms with van der Waals surface area (Å²) in [4.78, 5) is 6.28. The normalized spacial score (nSPS) is 10.9. The highest BCUT2D eigenvalue weighted by molar-refractivity contribution is 6.33. The number of rotatable bonds is 6. The van der Waals surface area contributed by atoms with Gasteiger partial charge in [0, 0.05) is 26.3 Å². The first kappa shape index (κ1) is 14.2. The van der Waals surface area contributed by atoms with E-state index in [2.05, 4.69) is 4.98 Å². The Labute approximate surface area is 108 Å². The molecule has 0 fully saturated rings. The molecule has 17 heavy (non-hydrogen) atoms. The maximum atomic E-state index is 6.14. The Hall–Kier alpha value is -0.840. The molecule has 0 saturated heterocycles. The summed E-state index contributed by atoms with van der Waals surface area (Å²) in [6.07, 6.45) is 1.99. The number of pyridine rings is 1. The number of aromatic nitrogens is 1. The molecule has 5 heteroatoms. The van der Waals surface area contributed by atoms with Gasteiger partial charge in [-0.05, 0) is 25.5 Å². The Morgan fingerprint density at radius 1 is 1.53 bits per heavy atom. The first-order valence-electron chi connectivity index (χ1n) is 5.71. The number of hydrogen-bond donors (Lipinski definition) is 1. The van der Waals surface area contributed by atoms with Gasteiger partial charge in [-0.1, -0.05) is 11.6 Å². The van der Waals surface area contributed by atoms with Crippen LogP contribution in [-0.4, -0.2) is 31.3 Å². The lowest BCUT2D eigenvalue weighted by Gasteiger charge is -2.20. The van der Waals surface area contributed by atoms with Crippen LogP contribution in [0.3, 0.4) is 0 Å². The van der Waals surface area contributed by atoms with Crippen molar-refractivity contribution in [3.8, 4) is 0 Å². The van der Waals surface area contributed by atoms with E-state index in [0.717, 1.165) is 17.9 Å². The van der Waals surface area contributed by atoms with Crippen molar-refractivity contribution in [1.29, 1.82) is 0 Å². The number of anilines is 1.